The van der Waals surface area contributed by atoms with Crippen LogP contribution in [0.25, 0.3) is 11.4 Å². The van der Waals surface area contributed by atoms with Crippen LogP contribution in [-0.2, 0) is 16.8 Å². The number of piperidine rings is 1. The zero-order valence-corrected chi connectivity index (χ0v) is 20.5. The van der Waals surface area contributed by atoms with Crippen LogP contribution < -0.4 is 10.1 Å². The van der Waals surface area contributed by atoms with Gasteiger partial charge in [-0.05, 0) is 49.4 Å². The minimum absolute atomic E-state index is 0.0157. The lowest BCUT2D eigenvalue weighted by Crippen LogP contribution is -2.40. The van der Waals surface area contributed by atoms with Crippen LogP contribution in [0.2, 0.25) is 0 Å². The van der Waals surface area contributed by atoms with Gasteiger partial charge in [0.2, 0.25) is 17.6 Å². The Kier molecular flexibility index (Phi) is 7.32. The molecule has 1 aliphatic rings. The Labute approximate surface area is 201 Å². The van der Waals surface area contributed by atoms with Gasteiger partial charge >= 0.3 is 0 Å². The van der Waals surface area contributed by atoms with Crippen molar-refractivity contribution in [3.63, 3.8) is 0 Å². The number of nitrogens with one attached hydrogen (secondary N) is 1. The second-order valence-corrected chi connectivity index (χ2v) is 9.83. The summed E-state index contributed by atoms with van der Waals surface area (Å²) >= 11 is 0. The van der Waals surface area contributed by atoms with Crippen molar-refractivity contribution >= 4 is 11.6 Å². The number of nitrogens with zero attached hydrogens (tertiary/aromatic N) is 3. The van der Waals surface area contributed by atoms with Crippen molar-refractivity contribution in [2.75, 3.05) is 25.0 Å². The Balaban J connectivity index is 1.36. The average molecular weight is 463 g/mol. The summed E-state index contributed by atoms with van der Waals surface area (Å²) in [6.07, 6.45) is 1.80. The molecule has 1 fully saturated rings. The van der Waals surface area contributed by atoms with Gasteiger partial charge in [0, 0.05) is 12.1 Å². The van der Waals surface area contributed by atoms with E-state index in [2.05, 4.69) is 53.3 Å². The number of para-hydroxylation sites is 2. The first-order valence-corrected chi connectivity index (χ1v) is 12.0. The van der Waals surface area contributed by atoms with Gasteiger partial charge in [0.05, 0.1) is 24.8 Å². The fourth-order valence-corrected chi connectivity index (χ4v) is 4.25. The molecular weight excluding hydrogens is 428 g/mol. The Bertz CT molecular complexity index is 1100. The summed E-state index contributed by atoms with van der Waals surface area (Å²) < 4.78 is 11.2. The lowest BCUT2D eigenvalue weighted by Gasteiger charge is -2.31. The highest BCUT2D eigenvalue weighted by molar-refractivity contribution is 5.94. The van der Waals surface area contributed by atoms with Gasteiger partial charge in [-0.15, -0.1) is 0 Å². The minimum Gasteiger partial charge on any atom is -0.492 e. The fraction of sp³-hybridized carbons (Fsp3) is 0.444. The number of carbonyl (C=O) groups excluding carboxylic acids is 1. The van der Waals surface area contributed by atoms with E-state index in [4.69, 9.17) is 9.26 Å². The van der Waals surface area contributed by atoms with E-state index < -0.39 is 0 Å². The summed E-state index contributed by atoms with van der Waals surface area (Å²) in [5, 5.41) is 7.22. The second-order valence-electron chi connectivity index (χ2n) is 9.83. The van der Waals surface area contributed by atoms with Crippen LogP contribution >= 0.6 is 0 Å². The lowest BCUT2D eigenvalue weighted by atomic mass is 9.87. The predicted octanol–water partition coefficient (Wildman–Crippen LogP) is 5.28. The Morgan fingerprint density at radius 3 is 2.68 bits per heavy atom. The van der Waals surface area contributed by atoms with Crippen molar-refractivity contribution in [3.8, 4) is 17.1 Å². The fourth-order valence-electron chi connectivity index (χ4n) is 4.25. The molecule has 2 heterocycles. The molecule has 3 aromatic rings. The number of rotatable bonds is 7. The van der Waals surface area contributed by atoms with Gasteiger partial charge in [-0.25, -0.2) is 0 Å². The van der Waals surface area contributed by atoms with E-state index in [1.807, 2.05) is 43.3 Å². The largest absolute Gasteiger partial charge is 0.492 e. The molecule has 1 aliphatic heterocycles. The summed E-state index contributed by atoms with van der Waals surface area (Å²) in [5.41, 5.74) is 3.02. The number of hydrogen-bond donors (Lipinski definition) is 1. The Morgan fingerprint density at radius 2 is 1.94 bits per heavy atom. The number of aromatic nitrogens is 2. The first-order valence-electron chi connectivity index (χ1n) is 12.0. The normalized spacial score (nSPS) is 16.9. The van der Waals surface area contributed by atoms with Crippen molar-refractivity contribution in [1.82, 2.24) is 15.0 Å². The van der Waals surface area contributed by atoms with Gasteiger partial charge in [-0.1, -0.05) is 62.3 Å². The summed E-state index contributed by atoms with van der Waals surface area (Å²) in [5.74, 6) is 1.77. The molecule has 7 nitrogen and oxygen atoms in total. The van der Waals surface area contributed by atoms with Crippen LogP contribution in [0.1, 0.15) is 52.0 Å². The molecule has 1 N–H and O–H groups in total. The zero-order valence-electron chi connectivity index (χ0n) is 20.5. The van der Waals surface area contributed by atoms with Crippen molar-refractivity contribution in [2.45, 2.75) is 52.5 Å². The molecule has 0 aliphatic carbocycles. The highest BCUT2D eigenvalue weighted by Gasteiger charge is 2.27. The molecule has 180 valence electrons. The monoisotopic (exact) mass is 462 g/mol. The Hall–Kier alpha value is -3.19. The van der Waals surface area contributed by atoms with E-state index in [1.165, 1.54) is 5.56 Å². The molecule has 34 heavy (non-hydrogen) atoms. The molecule has 0 bridgehead atoms. The zero-order chi connectivity index (χ0) is 24.1. The average Bonchev–Trinajstić information content (AvgIpc) is 3.28. The highest BCUT2D eigenvalue weighted by atomic mass is 16.5. The standard InChI is InChI=1S/C27H34N4O3/c1-5-33-23-11-7-6-10-22(23)28-26(32)20-9-8-16-31(17-20)18-24-29-25(30-34-24)19-12-14-21(15-13-19)27(2,3)4/h6-7,10-15,20H,5,8-9,16-18H2,1-4H3,(H,28,32). The summed E-state index contributed by atoms with van der Waals surface area (Å²) in [6, 6.07) is 15.8. The van der Waals surface area contributed by atoms with Crippen LogP contribution in [0.5, 0.6) is 5.75 Å². The number of hydrogen-bond acceptors (Lipinski definition) is 6. The third kappa shape index (κ3) is 5.83. The van der Waals surface area contributed by atoms with E-state index in [-0.39, 0.29) is 17.2 Å². The van der Waals surface area contributed by atoms with E-state index >= 15 is 0 Å². The number of benzene rings is 2. The van der Waals surface area contributed by atoms with Gasteiger partial charge in [-0.3, -0.25) is 9.69 Å². The van der Waals surface area contributed by atoms with Crippen molar-refractivity contribution in [2.24, 2.45) is 5.92 Å². The van der Waals surface area contributed by atoms with Gasteiger partial charge in [0.25, 0.3) is 0 Å². The van der Waals surface area contributed by atoms with Crippen LogP contribution in [0.3, 0.4) is 0 Å². The quantitative estimate of drug-likeness (QED) is 0.514. The summed E-state index contributed by atoms with van der Waals surface area (Å²) in [4.78, 5) is 19.8. The van der Waals surface area contributed by atoms with Crippen LogP contribution in [0.15, 0.2) is 53.1 Å². The maximum Gasteiger partial charge on any atom is 0.241 e. The maximum absolute atomic E-state index is 13.0. The first kappa shape index (κ1) is 24.0. The molecule has 0 saturated carbocycles. The van der Waals surface area contributed by atoms with E-state index in [0.29, 0.717) is 42.8 Å². The number of carbonyl (C=O) groups is 1. The van der Waals surface area contributed by atoms with Crippen molar-refractivity contribution in [1.29, 1.82) is 0 Å². The number of anilines is 1. The van der Waals surface area contributed by atoms with Crippen LogP contribution in [0.4, 0.5) is 5.69 Å². The Morgan fingerprint density at radius 1 is 1.18 bits per heavy atom. The van der Waals surface area contributed by atoms with E-state index in [0.717, 1.165) is 24.9 Å². The molecule has 2 aromatic carbocycles. The molecule has 4 rings (SSSR count). The highest BCUT2D eigenvalue weighted by Crippen LogP contribution is 2.27. The van der Waals surface area contributed by atoms with Gasteiger partial charge in [0.1, 0.15) is 5.75 Å². The van der Waals surface area contributed by atoms with E-state index in [1.54, 1.807) is 0 Å². The lowest BCUT2D eigenvalue weighted by molar-refractivity contribution is -0.121. The second kappa shape index (κ2) is 10.4. The summed E-state index contributed by atoms with van der Waals surface area (Å²) in [6.45, 7) is 11.2. The molecular formula is C27H34N4O3. The maximum atomic E-state index is 13.0. The molecule has 1 unspecified atom stereocenters. The summed E-state index contributed by atoms with van der Waals surface area (Å²) in [7, 11) is 0. The van der Waals surface area contributed by atoms with Crippen molar-refractivity contribution in [3.05, 3.63) is 60.0 Å². The van der Waals surface area contributed by atoms with Gasteiger partial charge in [0.15, 0.2) is 0 Å². The molecule has 0 spiro atoms. The molecule has 1 amide bonds. The smallest absolute Gasteiger partial charge is 0.241 e. The number of likely N-dealkylation sites (tertiary alicyclic amines) is 1. The predicted molar refractivity (Wildman–Crippen MR) is 133 cm³/mol. The topological polar surface area (TPSA) is 80.5 Å². The third-order valence-electron chi connectivity index (χ3n) is 6.16. The van der Waals surface area contributed by atoms with Crippen molar-refractivity contribution < 1.29 is 14.1 Å². The third-order valence-corrected chi connectivity index (χ3v) is 6.16. The SMILES string of the molecule is CCOc1ccccc1NC(=O)C1CCCN(Cc2nc(-c3ccc(C(C)(C)C)cc3)no2)C1. The molecule has 7 heteroatoms. The minimum atomic E-state index is -0.101. The van der Waals surface area contributed by atoms with Crippen LogP contribution in [0, 0.1) is 5.92 Å². The molecule has 1 atom stereocenters. The number of amides is 1. The van der Waals surface area contributed by atoms with Gasteiger partial charge in [-0.2, -0.15) is 4.98 Å². The molecule has 0 radical (unpaired) electrons. The molecule has 1 saturated heterocycles. The first-order chi connectivity index (χ1) is 16.3. The number of ether oxygens (including phenoxy) is 1. The van der Waals surface area contributed by atoms with Gasteiger partial charge < -0.3 is 14.6 Å². The van der Waals surface area contributed by atoms with Crippen LogP contribution in [-0.4, -0.2) is 40.6 Å². The van der Waals surface area contributed by atoms with E-state index in [9.17, 15) is 4.79 Å². The molecule has 1 aromatic heterocycles.